The van der Waals surface area contributed by atoms with Crippen molar-refractivity contribution >= 4 is 11.6 Å². The molecule has 0 amide bonds. The van der Waals surface area contributed by atoms with Crippen molar-refractivity contribution in [1.29, 1.82) is 0 Å². The quantitative estimate of drug-likeness (QED) is 0.706. The first-order chi connectivity index (χ1) is 5.72. The van der Waals surface area contributed by atoms with Gasteiger partial charge in [-0.05, 0) is 19.4 Å². The van der Waals surface area contributed by atoms with E-state index in [1.165, 1.54) is 5.57 Å². The van der Waals surface area contributed by atoms with Gasteiger partial charge in [-0.25, -0.2) is 0 Å². The minimum Gasteiger partial charge on any atom is -0.312 e. The van der Waals surface area contributed by atoms with Crippen molar-refractivity contribution in [3.63, 3.8) is 0 Å². The molecule has 1 atom stereocenters. The molecular weight excluding hydrogens is 172 g/mol. The predicted octanol–water partition coefficient (Wildman–Crippen LogP) is 1.42. The molecule has 0 aromatic rings. The zero-order valence-electron chi connectivity index (χ0n) is 7.81. The molecule has 0 aromatic carbocycles. The second kappa shape index (κ2) is 4.85. The van der Waals surface area contributed by atoms with E-state index in [9.17, 15) is 0 Å². The third-order valence-electron chi connectivity index (χ3n) is 2.11. The zero-order valence-corrected chi connectivity index (χ0v) is 8.56. The molecule has 2 nitrogen and oxygen atoms in total. The normalized spacial score (nSPS) is 27.6. The van der Waals surface area contributed by atoms with Crippen LogP contribution in [-0.4, -0.2) is 37.1 Å². The molecule has 0 bridgehead atoms. The van der Waals surface area contributed by atoms with Crippen LogP contribution in [0.25, 0.3) is 0 Å². The summed E-state index contributed by atoms with van der Waals surface area (Å²) in [5.74, 6) is 0. The van der Waals surface area contributed by atoms with Crippen molar-refractivity contribution in [2.45, 2.75) is 19.9 Å². The van der Waals surface area contributed by atoms with E-state index < -0.39 is 0 Å². The highest BCUT2D eigenvalue weighted by molar-refractivity contribution is 6.25. The minimum absolute atomic E-state index is 0.613. The molecule has 1 fully saturated rings. The number of rotatable bonds is 2. The first-order valence-electron chi connectivity index (χ1n) is 4.44. The monoisotopic (exact) mass is 188 g/mol. The average molecular weight is 189 g/mol. The van der Waals surface area contributed by atoms with E-state index >= 15 is 0 Å². The highest BCUT2D eigenvalue weighted by atomic mass is 35.5. The fourth-order valence-corrected chi connectivity index (χ4v) is 1.61. The smallest absolute Gasteiger partial charge is 0.0203 e. The summed E-state index contributed by atoms with van der Waals surface area (Å²) in [6.07, 6.45) is 0. The Kier molecular flexibility index (Phi) is 4.06. The van der Waals surface area contributed by atoms with Gasteiger partial charge in [-0.15, -0.1) is 0 Å². The zero-order chi connectivity index (χ0) is 8.97. The van der Waals surface area contributed by atoms with Crippen molar-refractivity contribution < 1.29 is 0 Å². The van der Waals surface area contributed by atoms with Crippen LogP contribution >= 0.6 is 11.6 Å². The molecule has 1 heterocycles. The van der Waals surface area contributed by atoms with Crippen molar-refractivity contribution in [3.05, 3.63) is 11.1 Å². The van der Waals surface area contributed by atoms with Crippen LogP contribution in [0.2, 0.25) is 0 Å². The fraction of sp³-hybridized carbons (Fsp3) is 0.778. The molecule has 12 heavy (non-hydrogen) atoms. The number of halogens is 1. The van der Waals surface area contributed by atoms with E-state index in [1.807, 2.05) is 0 Å². The first kappa shape index (κ1) is 10.0. The summed E-state index contributed by atoms with van der Waals surface area (Å²) in [5, 5.41) is 3.41. The second-order valence-electron chi connectivity index (χ2n) is 3.55. The third kappa shape index (κ3) is 3.13. The van der Waals surface area contributed by atoms with E-state index in [-0.39, 0.29) is 0 Å². The summed E-state index contributed by atoms with van der Waals surface area (Å²) in [5.41, 5.74) is 2.91. The number of nitrogens with zero attached hydrogens (tertiary/aromatic N) is 1. The Morgan fingerprint density at radius 2 is 2.50 bits per heavy atom. The molecule has 3 heteroatoms. The number of hydrogen-bond donors (Lipinski definition) is 1. The van der Waals surface area contributed by atoms with Crippen LogP contribution in [-0.2, 0) is 0 Å². The third-order valence-corrected chi connectivity index (χ3v) is 2.48. The highest BCUT2D eigenvalue weighted by Crippen LogP contribution is 2.03. The SMILES string of the molecule is C/C(=C\Cl)CN1CCNC(C)C1. The van der Waals surface area contributed by atoms with Gasteiger partial charge in [0.1, 0.15) is 0 Å². The van der Waals surface area contributed by atoms with Crippen LogP contribution < -0.4 is 5.32 Å². The molecule has 0 aromatic heterocycles. The molecule has 0 spiro atoms. The average Bonchev–Trinajstić information content (AvgIpc) is 2.04. The van der Waals surface area contributed by atoms with Gasteiger partial charge in [0.25, 0.3) is 0 Å². The largest absolute Gasteiger partial charge is 0.312 e. The summed E-state index contributed by atoms with van der Waals surface area (Å²) >= 11 is 5.60. The maximum absolute atomic E-state index is 5.60. The maximum Gasteiger partial charge on any atom is 0.0203 e. The summed E-state index contributed by atoms with van der Waals surface area (Å²) in [6, 6.07) is 0.613. The Morgan fingerprint density at radius 1 is 1.75 bits per heavy atom. The van der Waals surface area contributed by atoms with E-state index in [0.717, 1.165) is 26.2 Å². The van der Waals surface area contributed by atoms with Crippen LogP contribution in [0.1, 0.15) is 13.8 Å². The van der Waals surface area contributed by atoms with Crippen molar-refractivity contribution in [3.8, 4) is 0 Å². The second-order valence-corrected chi connectivity index (χ2v) is 3.76. The van der Waals surface area contributed by atoms with E-state index in [4.69, 9.17) is 11.6 Å². The summed E-state index contributed by atoms with van der Waals surface area (Å²) in [6.45, 7) is 8.65. The van der Waals surface area contributed by atoms with Crippen molar-refractivity contribution in [2.24, 2.45) is 0 Å². The number of nitrogens with one attached hydrogen (secondary N) is 1. The lowest BCUT2D eigenvalue weighted by molar-refractivity contribution is 0.222. The van der Waals surface area contributed by atoms with Crippen LogP contribution in [0.3, 0.4) is 0 Å². The van der Waals surface area contributed by atoms with Crippen LogP contribution in [0.15, 0.2) is 11.1 Å². The van der Waals surface area contributed by atoms with Crippen molar-refractivity contribution in [1.82, 2.24) is 10.2 Å². The van der Waals surface area contributed by atoms with Crippen molar-refractivity contribution in [2.75, 3.05) is 26.2 Å². The van der Waals surface area contributed by atoms with Gasteiger partial charge >= 0.3 is 0 Å². The van der Waals surface area contributed by atoms with Gasteiger partial charge in [-0.3, -0.25) is 4.90 Å². The lowest BCUT2D eigenvalue weighted by Gasteiger charge is -2.31. The van der Waals surface area contributed by atoms with E-state index in [2.05, 4.69) is 24.1 Å². The van der Waals surface area contributed by atoms with Gasteiger partial charge in [0.15, 0.2) is 0 Å². The molecule has 1 rings (SSSR count). The summed E-state index contributed by atoms with van der Waals surface area (Å²) < 4.78 is 0. The molecule has 0 radical (unpaired) electrons. The summed E-state index contributed by atoms with van der Waals surface area (Å²) in [4.78, 5) is 2.43. The van der Waals surface area contributed by atoms with Gasteiger partial charge in [0.05, 0.1) is 0 Å². The van der Waals surface area contributed by atoms with Crippen LogP contribution in [0, 0.1) is 0 Å². The maximum atomic E-state index is 5.60. The molecule has 1 aliphatic rings. The van der Waals surface area contributed by atoms with E-state index in [1.54, 1.807) is 5.54 Å². The van der Waals surface area contributed by atoms with Gasteiger partial charge in [0, 0.05) is 37.8 Å². The highest BCUT2D eigenvalue weighted by Gasteiger charge is 2.14. The molecule has 1 aliphatic heterocycles. The number of hydrogen-bond acceptors (Lipinski definition) is 2. The molecule has 1 N–H and O–H groups in total. The molecule has 70 valence electrons. The predicted molar refractivity (Wildman–Crippen MR) is 53.5 cm³/mol. The van der Waals surface area contributed by atoms with Gasteiger partial charge in [-0.2, -0.15) is 0 Å². The first-order valence-corrected chi connectivity index (χ1v) is 4.87. The Hall–Kier alpha value is -0.0500. The summed E-state index contributed by atoms with van der Waals surface area (Å²) in [7, 11) is 0. The Balaban J connectivity index is 2.32. The fourth-order valence-electron chi connectivity index (χ4n) is 1.54. The Labute approximate surface area is 79.6 Å². The topological polar surface area (TPSA) is 15.3 Å². The molecule has 0 saturated carbocycles. The molecular formula is C9H17ClN2. The van der Waals surface area contributed by atoms with E-state index in [0.29, 0.717) is 6.04 Å². The standard InChI is InChI=1S/C9H17ClN2/c1-8(5-10)6-12-4-3-11-9(2)7-12/h5,9,11H,3-4,6-7H2,1-2H3/b8-5+. The molecule has 1 saturated heterocycles. The van der Waals surface area contributed by atoms with Crippen LogP contribution in [0.5, 0.6) is 0 Å². The van der Waals surface area contributed by atoms with Crippen LogP contribution in [0.4, 0.5) is 0 Å². The molecule has 1 unspecified atom stereocenters. The minimum atomic E-state index is 0.613. The number of piperazine rings is 1. The van der Waals surface area contributed by atoms with Gasteiger partial charge in [0.2, 0.25) is 0 Å². The van der Waals surface area contributed by atoms with Gasteiger partial charge in [-0.1, -0.05) is 11.6 Å². The Bertz CT molecular complexity index is 168. The lowest BCUT2D eigenvalue weighted by atomic mass is 10.2. The lowest BCUT2D eigenvalue weighted by Crippen LogP contribution is -2.49. The Morgan fingerprint density at radius 3 is 3.08 bits per heavy atom. The van der Waals surface area contributed by atoms with Gasteiger partial charge < -0.3 is 5.32 Å². The molecule has 0 aliphatic carbocycles.